The lowest BCUT2D eigenvalue weighted by atomic mass is 9.93. The van der Waals surface area contributed by atoms with E-state index in [0.717, 1.165) is 35.0 Å². The molecular weight excluding hydrogens is 689 g/mol. The number of carbonyl (C=O) groups excluding carboxylic acids is 1. The van der Waals surface area contributed by atoms with Gasteiger partial charge in [0.05, 0.1) is 22.3 Å². The Morgan fingerprint density at radius 3 is 1.96 bits per heavy atom. The van der Waals surface area contributed by atoms with E-state index in [1.807, 2.05) is 36.4 Å². The third kappa shape index (κ3) is 9.15. The molecule has 1 fully saturated rings. The quantitative estimate of drug-likeness (QED) is 0.124. The number of rotatable bonds is 11. The molecule has 10 nitrogen and oxygen atoms in total. The highest BCUT2D eigenvalue weighted by molar-refractivity contribution is 7.89. The number of halogens is 3. The number of carbonyl (C=O) groups is 2. The second-order valence-corrected chi connectivity index (χ2v) is 13.5. The van der Waals surface area contributed by atoms with Crippen molar-refractivity contribution in [1.29, 1.82) is 0 Å². The maximum absolute atomic E-state index is 12.8. The molecule has 3 N–H and O–H groups in total. The minimum Gasteiger partial charge on any atom is -0.490 e. The molecule has 1 aliphatic rings. The number of fused-ring (bicyclic) bond motifs is 1. The first kappa shape index (κ1) is 35.2. The van der Waals surface area contributed by atoms with Gasteiger partial charge in [0.15, 0.2) is 0 Å². The van der Waals surface area contributed by atoms with Crippen molar-refractivity contribution in [2.45, 2.75) is 49.1 Å². The van der Waals surface area contributed by atoms with E-state index >= 15 is 0 Å². The number of nitrogens with one attached hydrogen (secondary N) is 2. The van der Waals surface area contributed by atoms with Crippen LogP contribution >= 0.6 is 0 Å². The van der Waals surface area contributed by atoms with Crippen LogP contribution in [0, 0.1) is 0 Å². The van der Waals surface area contributed by atoms with Crippen molar-refractivity contribution in [3.63, 3.8) is 0 Å². The van der Waals surface area contributed by atoms with Gasteiger partial charge >= 0.3 is 12.3 Å². The van der Waals surface area contributed by atoms with Gasteiger partial charge in [0, 0.05) is 11.6 Å². The van der Waals surface area contributed by atoms with Crippen LogP contribution in [-0.4, -0.2) is 43.9 Å². The molecule has 0 aliphatic heterocycles. The summed E-state index contributed by atoms with van der Waals surface area (Å²) in [5, 5.41) is 13.8. The number of ether oxygens (including phenoxy) is 3. The number of benzene rings is 5. The molecule has 5 aromatic carbocycles. The summed E-state index contributed by atoms with van der Waals surface area (Å²) >= 11 is 0. The molecule has 51 heavy (non-hydrogen) atoms. The second kappa shape index (κ2) is 14.7. The first-order valence-corrected chi connectivity index (χ1v) is 17.3. The molecule has 14 heteroatoms. The van der Waals surface area contributed by atoms with E-state index in [-0.39, 0.29) is 28.3 Å². The van der Waals surface area contributed by atoms with Gasteiger partial charge in [-0.25, -0.2) is 17.9 Å². The molecule has 0 heterocycles. The van der Waals surface area contributed by atoms with Crippen LogP contribution in [0.5, 0.6) is 23.0 Å². The summed E-state index contributed by atoms with van der Waals surface area (Å²) in [7, 11) is -3.93. The molecule has 0 unspecified atom stereocenters. The van der Waals surface area contributed by atoms with Gasteiger partial charge in [-0.3, -0.25) is 4.79 Å². The third-order valence-corrected chi connectivity index (χ3v) is 9.74. The van der Waals surface area contributed by atoms with Crippen LogP contribution in [0.15, 0.2) is 114 Å². The lowest BCUT2D eigenvalue weighted by molar-refractivity contribution is -0.274. The number of carboxylic acid groups (broad SMARTS) is 1. The highest BCUT2D eigenvalue weighted by atomic mass is 32.2. The van der Waals surface area contributed by atoms with Gasteiger partial charge in [0.25, 0.3) is 5.91 Å². The summed E-state index contributed by atoms with van der Waals surface area (Å²) < 4.78 is 81.5. The minimum absolute atomic E-state index is 0.0101. The molecule has 5 aromatic rings. The van der Waals surface area contributed by atoms with Crippen LogP contribution in [0.2, 0.25) is 0 Å². The van der Waals surface area contributed by atoms with Crippen LogP contribution in [0.1, 0.15) is 46.4 Å². The molecule has 0 saturated heterocycles. The number of carboxylic acids is 1. The molecule has 1 saturated carbocycles. The Morgan fingerprint density at radius 2 is 1.31 bits per heavy atom. The number of hydrogen-bond donors (Lipinski definition) is 3. The SMILES string of the molecule is O=C(Nc1ccccc1C(=O)O)c1ccc(Oc2ccc3cc(OC4CCC(NS(=O)(=O)c5ccc(OC(F)(F)F)cc5)CC4)ccc3c2)cc1. The van der Waals surface area contributed by atoms with E-state index in [2.05, 4.69) is 14.8 Å². The molecular formula is C37H31F3N2O8S. The molecule has 0 radical (unpaired) electrons. The maximum Gasteiger partial charge on any atom is 0.573 e. The van der Waals surface area contributed by atoms with E-state index < -0.39 is 34.0 Å². The zero-order chi connectivity index (χ0) is 36.2. The molecule has 6 rings (SSSR count). The van der Waals surface area contributed by atoms with Crippen LogP contribution < -0.4 is 24.2 Å². The van der Waals surface area contributed by atoms with Crippen LogP contribution in [0.25, 0.3) is 10.8 Å². The number of alkyl halides is 3. The van der Waals surface area contributed by atoms with Crippen molar-refractivity contribution in [1.82, 2.24) is 4.72 Å². The second-order valence-electron chi connectivity index (χ2n) is 11.8. The fraction of sp³-hybridized carbons (Fsp3) is 0.189. The first-order valence-electron chi connectivity index (χ1n) is 15.8. The molecule has 0 spiro atoms. The summed E-state index contributed by atoms with van der Waals surface area (Å²) in [4.78, 5) is 24.0. The predicted octanol–water partition coefficient (Wildman–Crippen LogP) is 8.15. The van der Waals surface area contributed by atoms with Crippen molar-refractivity contribution in [2.75, 3.05) is 5.32 Å². The number of sulfonamides is 1. The fourth-order valence-corrected chi connectivity index (χ4v) is 7.03. The zero-order valence-corrected chi connectivity index (χ0v) is 27.5. The lowest BCUT2D eigenvalue weighted by Gasteiger charge is -2.29. The van der Waals surface area contributed by atoms with Crippen LogP contribution in [0.3, 0.4) is 0 Å². The van der Waals surface area contributed by atoms with Crippen molar-refractivity contribution < 1.29 is 50.5 Å². The van der Waals surface area contributed by atoms with E-state index in [9.17, 15) is 36.3 Å². The Morgan fingerprint density at radius 1 is 0.725 bits per heavy atom. The Bertz CT molecular complexity index is 2150. The van der Waals surface area contributed by atoms with Gasteiger partial charge in [-0.2, -0.15) is 0 Å². The average Bonchev–Trinajstić information content (AvgIpc) is 3.09. The first-order chi connectivity index (χ1) is 24.3. The smallest absolute Gasteiger partial charge is 0.490 e. The van der Waals surface area contributed by atoms with Crippen molar-refractivity contribution in [3.05, 3.63) is 120 Å². The molecule has 0 aromatic heterocycles. The lowest BCUT2D eigenvalue weighted by Crippen LogP contribution is -2.39. The van der Waals surface area contributed by atoms with E-state index in [1.54, 1.807) is 36.4 Å². The van der Waals surface area contributed by atoms with Gasteiger partial charge in [-0.05, 0) is 121 Å². The monoisotopic (exact) mass is 720 g/mol. The summed E-state index contributed by atoms with van der Waals surface area (Å²) in [6, 6.07) is 27.6. The standard InChI is InChI=1S/C37H31F3N2O8S/c38-37(39,40)50-29-17-19-32(20-18-29)51(46,47)42-26-9-15-28(16-10-26)49-31-14-8-24-21-30(13-7-25(24)22-31)48-27-11-5-23(6-12-27)35(43)41-34-4-2-1-3-33(34)36(44)45/h1-8,11-14,17-22,26,28,42H,9-10,15-16H2,(H,41,43)(H,44,45). The highest BCUT2D eigenvalue weighted by Crippen LogP contribution is 2.31. The summed E-state index contributed by atoms with van der Waals surface area (Å²) in [6.07, 6.45) is -2.73. The number of para-hydroxylation sites is 1. The van der Waals surface area contributed by atoms with Gasteiger partial charge in [-0.1, -0.05) is 24.3 Å². The molecule has 0 atom stereocenters. The van der Waals surface area contributed by atoms with Crippen molar-refractivity contribution >= 4 is 38.4 Å². The Balaban J connectivity index is 1.000. The van der Waals surface area contributed by atoms with Gasteiger partial charge in [0.1, 0.15) is 23.0 Å². The minimum atomic E-state index is -4.87. The molecule has 264 valence electrons. The van der Waals surface area contributed by atoms with Gasteiger partial charge in [-0.15, -0.1) is 13.2 Å². The third-order valence-electron chi connectivity index (χ3n) is 8.21. The van der Waals surface area contributed by atoms with E-state index in [1.165, 1.54) is 12.1 Å². The maximum atomic E-state index is 12.8. The average molecular weight is 721 g/mol. The van der Waals surface area contributed by atoms with Gasteiger partial charge in [0.2, 0.25) is 10.0 Å². The van der Waals surface area contributed by atoms with Crippen molar-refractivity contribution in [2.24, 2.45) is 0 Å². The normalized spacial score (nSPS) is 16.3. The van der Waals surface area contributed by atoms with Crippen LogP contribution in [-0.2, 0) is 10.0 Å². The van der Waals surface area contributed by atoms with Gasteiger partial charge < -0.3 is 24.6 Å². The molecule has 1 aliphatic carbocycles. The summed E-state index contributed by atoms with van der Waals surface area (Å²) in [6.45, 7) is 0. The number of amides is 1. The Hall–Kier alpha value is -5.60. The van der Waals surface area contributed by atoms with Crippen molar-refractivity contribution in [3.8, 4) is 23.0 Å². The van der Waals surface area contributed by atoms with Crippen LogP contribution in [0.4, 0.5) is 18.9 Å². The Labute approximate surface area is 290 Å². The molecule has 1 amide bonds. The van der Waals surface area contributed by atoms with E-state index in [4.69, 9.17) is 9.47 Å². The van der Waals surface area contributed by atoms with E-state index in [0.29, 0.717) is 48.5 Å². The number of hydrogen-bond acceptors (Lipinski definition) is 7. The number of anilines is 1. The zero-order valence-electron chi connectivity index (χ0n) is 26.7. The highest BCUT2D eigenvalue weighted by Gasteiger charge is 2.31. The largest absolute Gasteiger partial charge is 0.573 e. The fourth-order valence-electron chi connectivity index (χ4n) is 5.72. The predicted molar refractivity (Wildman–Crippen MR) is 182 cm³/mol. The topological polar surface area (TPSA) is 140 Å². The molecule has 0 bridgehead atoms. The Kier molecular flexibility index (Phi) is 10.2. The summed E-state index contributed by atoms with van der Waals surface area (Å²) in [5.41, 5.74) is 0.517. The number of aromatic carboxylic acids is 1. The summed E-state index contributed by atoms with van der Waals surface area (Å²) in [5.74, 6) is -0.351.